The Hall–Kier alpha value is -0.430. The third-order valence-electron chi connectivity index (χ3n) is 5.34. The number of aliphatic hydroxyl groups is 1. The van der Waals surface area contributed by atoms with E-state index >= 15 is 0 Å². The van der Waals surface area contributed by atoms with E-state index in [1.807, 2.05) is 0 Å². The Morgan fingerprint density at radius 3 is 2.90 bits per heavy atom. The topological polar surface area (TPSA) is 79.9 Å². The van der Waals surface area contributed by atoms with Crippen molar-refractivity contribution in [1.82, 2.24) is 5.32 Å². The standard InChI is InChI=1S/C14H23ClFN3O2/c1-21-8-5-10(12(16)18-6-8)14(20)9-4-7(15)2-3-11(9)19-13(14)17/h7-12,18,20H,2-6H2,1H3,(H2,17,19). The molecule has 0 amide bonds. The first-order valence-electron chi connectivity index (χ1n) is 7.57. The molecule has 1 aliphatic carbocycles. The monoisotopic (exact) mass is 319 g/mol. The Morgan fingerprint density at radius 2 is 2.19 bits per heavy atom. The molecule has 2 fully saturated rings. The number of alkyl halides is 2. The smallest absolute Gasteiger partial charge is 0.157 e. The van der Waals surface area contributed by atoms with E-state index in [4.69, 9.17) is 22.1 Å². The van der Waals surface area contributed by atoms with Gasteiger partial charge in [-0.25, -0.2) is 4.39 Å². The highest BCUT2D eigenvalue weighted by atomic mass is 35.5. The number of aliphatic imine (C=N–C) groups is 1. The van der Waals surface area contributed by atoms with Gasteiger partial charge >= 0.3 is 0 Å². The molecule has 7 heteroatoms. The molecule has 2 heterocycles. The summed E-state index contributed by atoms with van der Waals surface area (Å²) in [6.07, 6.45) is 1.25. The molecule has 3 rings (SSSR count). The summed E-state index contributed by atoms with van der Waals surface area (Å²) in [5, 5.41) is 14.0. The minimum Gasteiger partial charge on any atom is -0.385 e. The van der Waals surface area contributed by atoms with Crippen molar-refractivity contribution >= 4 is 17.4 Å². The van der Waals surface area contributed by atoms with E-state index in [-0.39, 0.29) is 29.3 Å². The van der Waals surface area contributed by atoms with Gasteiger partial charge in [-0.1, -0.05) is 0 Å². The Kier molecular flexibility index (Phi) is 4.16. The van der Waals surface area contributed by atoms with E-state index in [0.29, 0.717) is 19.4 Å². The second-order valence-corrected chi connectivity index (χ2v) is 7.05. The van der Waals surface area contributed by atoms with Crippen LogP contribution in [0.4, 0.5) is 4.39 Å². The number of piperidine rings is 1. The molecule has 3 aliphatic rings. The fraction of sp³-hybridized carbons (Fsp3) is 0.929. The summed E-state index contributed by atoms with van der Waals surface area (Å²) in [6.45, 7) is 0.438. The summed E-state index contributed by atoms with van der Waals surface area (Å²) >= 11 is 6.25. The molecule has 1 saturated heterocycles. The first kappa shape index (κ1) is 15.5. The van der Waals surface area contributed by atoms with Crippen LogP contribution in [0.2, 0.25) is 0 Å². The molecule has 7 unspecified atom stereocenters. The molecule has 7 atom stereocenters. The Bertz CT molecular complexity index is 438. The van der Waals surface area contributed by atoms with Crippen LogP contribution in [-0.2, 0) is 4.74 Å². The molecule has 0 aromatic carbocycles. The van der Waals surface area contributed by atoms with Crippen molar-refractivity contribution in [2.24, 2.45) is 22.6 Å². The van der Waals surface area contributed by atoms with Crippen LogP contribution in [0, 0.1) is 11.8 Å². The minimum absolute atomic E-state index is 0.00768. The van der Waals surface area contributed by atoms with Crippen molar-refractivity contribution in [3.8, 4) is 0 Å². The average molecular weight is 320 g/mol. The molecular weight excluding hydrogens is 297 g/mol. The second-order valence-electron chi connectivity index (χ2n) is 6.43. The van der Waals surface area contributed by atoms with Gasteiger partial charge in [0.05, 0.1) is 12.1 Å². The van der Waals surface area contributed by atoms with Crippen molar-refractivity contribution in [3.05, 3.63) is 0 Å². The molecule has 5 nitrogen and oxygen atoms in total. The number of amidine groups is 1. The minimum atomic E-state index is -1.43. The van der Waals surface area contributed by atoms with Crippen LogP contribution in [0.25, 0.3) is 0 Å². The van der Waals surface area contributed by atoms with Crippen LogP contribution in [-0.4, -0.2) is 54.0 Å². The normalized spacial score (nSPS) is 50.6. The molecule has 0 aromatic heterocycles. The van der Waals surface area contributed by atoms with Gasteiger partial charge in [-0.2, -0.15) is 0 Å². The number of ether oxygens (including phenoxy) is 1. The van der Waals surface area contributed by atoms with Gasteiger partial charge in [0.1, 0.15) is 11.4 Å². The largest absolute Gasteiger partial charge is 0.385 e. The summed E-state index contributed by atoms with van der Waals surface area (Å²) in [6, 6.07) is -0.0416. The highest BCUT2D eigenvalue weighted by Crippen LogP contribution is 2.47. The first-order chi connectivity index (χ1) is 9.96. The number of rotatable bonds is 2. The molecule has 4 N–H and O–H groups in total. The number of hydrogen-bond acceptors (Lipinski definition) is 5. The number of fused-ring (bicyclic) bond motifs is 1. The summed E-state index contributed by atoms with van der Waals surface area (Å²) < 4.78 is 19.7. The lowest BCUT2D eigenvalue weighted by atomic mass is 9.67. The predicted octanol–water partition coefficient (Wildman–Crippen LogP) is 0.785. The molecule has 1 saturated carbocycles. The van der Waals surface area contributed by atoms with Crippen molar-refractivity contribution < 1.29 is 14.2 Å². The fourth-order valence-electron chi connectivity index (χ4n) is 4.12. The third kappa shape index (κ3) is 2.46. The molecule has 2 aliphatic heterocycles. The summed E-state index contributed by atoms with van der Waals surface area (Å²) in [5.74, 6) is -0.694. The Labute approximate surface area is 129 Å². The number of nitrogens with two attached hydrogens (primary N) is 1. The molecule has 0 bridgehead atoms. The maximum absolute atomic E-state index is 14.4. The summed E-state index contributed by atoms with van der Waals surface area (Å²) in [7, 11) is 1.59. The van der Waals surface area contributed by atoms with E-state index in [2.05, 4.69) is 10.3 Å². The van der Waals surface area contributed by atoms with Gasteiger partial charge in [0.25, 0.3) is 0 Å². The van der Waals surface area contributed by atoms with Gasteiger partial charge in [0, 0.05) is 30.9 Å². The molecule has 0 spiro atoms. The average Bonchev–Trinajstić information content (AvgIpc) is 2.72. The lowest BCUT2D eigenvalue weighted by Gasteiger charge is -2.45. The van der Waals surface area contributed by atoms with Crippen LogP contribution in [0.15, 0.2) is 4.99 Å². The van der Waals surface area contributed by atoms with E-state index in [1.165, 1.54) is 0 Å². The zero-order valence-corrected chi connectivity index (χ0v) is 12.9. The Morgan fingerprint density at radius 1 is 1.43 bits per heavy atom. The Balaban J connectivity index is 1.88. The predicted molar refractivity (Wildman–Crippen MR) is 79.1 cm³/mol. The number of methoxy groups -OCH3 is 1. The van der Waals surface area contributed by atoms with Gasteiger partial charge in [-0.3, -0.25) is 10.3 Å². The van der Waals surface area contributed by atoms with Crippen LogP contribution in [0.5, 0.6) is 0 Å². The third-order valence-corrected chi connectivity index (χ3v) is 5.74. The van der Waals surface area contributed by atoms with E-state index < -0.39 is 17.8 Å². The van der Waals surface area contributed by atoms with Crippen LogP contribution >= 0.6 is 11.6 Å². The molecule has 21 heavy (non-hydrogen) atoms. The zero-order valence-electron chi connectivity index (χ0n) is 12.1. The zero-order chi connectivity index (χ0) is 15.2. The maximum Gasteiger partial charge on any atom is 0.157 e. The SMILES string of the molecule is COC1CNC(F)C(C2(O)C(N)=NC3CCC(Cl)CC32)C1. The molecule has 0 aromatic rings. The van der Waals surface area contributed by atoms with Crippen molar-refractivity contribution in [2.75, 3.05) is 13.7 Å². The molecular formula is C14H23ClFN3O2. The number of hydrogen-bond donors (Lipinski definition) is 3. The van der Waals surface area contributed by atoms with Crippen molar-refractivity contribution in [3.63, 3.8) is 0 Å². The van der Waals surface area contributed by atoms with Gasteiger partial charge in [-0.15, -0.1) is 11.6 Å². The highest BCUT2D eigenvalue weighted by Gasteiger charge is 2.59. The van der Waals surface area contributed by atoms with Crippen LogP contribution in [0.3, 0.4) is 0 Å². The van der Waals surface area contributed by atoms with Gasteiger partial charge < -0.3 is 15.6 Å². The maximum atomic E-state index is 14.4. The molecule has 120 valence electrons. The number of nitrogens with one attached hydrogen (secondary N) is 1. The van der Waals surface area contributed by atoms with Crippen molar-refractivity contribution in [2.45, 2.75) is 55.1 Å². The van der Waals surface area contributed by atoms with Crippen molar-refractivity contribution in [1.29, 1.82) is 0 Å². The van der Waals surface area contributed by atoms with Crippen LogP contribution < -0.4 is 11.1 Å². The quantitative estimate of drug-likeness (QED) is 0.519. The van der Waals surface area contributed by atoms with E-state index in [1.54, 1.807) is 7.11 Å². The fourth-order valence-corrected chi connectivity index (χ4v) is 4.44. The number of halogens is 2. The van der Waals surface area contributed by atoms with Crippen LogP contribution in [0.1, 0.15) is 25.7 Å². The lowest BCUT2D eigenvalue weighted by Crippen LogP contribution is -2.62. The van der Waals surface area contributed by atoms with E-state index in [9.17, 15) is 9.50 Å². The summed E-state index contributed by atoms with van der Waals surface area (Å²) in [4.78, 5) is 4.41. The van der Waals surface area contributed by atoms with Gasteiger partial charge in [0.2, 0.25) is 0 Å². The van der Waals surface area contributed by atoms with E-state index in [0.717, 1.165) is 12.8 Å². The second kappa shape index (κ2) is 5.65. The summed E-state index contributed by atoms with van der Waals surface area (Å²) in [5.41, 5.74) is 4.59. The van der Waals surface area contributed by atoms with Gasteiger partial charge in [-0.05, 0) is 25.7 Å². The number of nitrogens with zero attached hydrogens (tertiary/aromatic N) is 1. The lowest BCUT2D eigenvalue weighted by molar-refractivity contribution is -0.0912. The highest BCUT2D eigenvalue weighted by molar-refractivity contribution is 6.20. The first-order valence-corrected chi connectivity index (χ1v) is 8.00. The van der Waals surface area contributed by atoms with Gasteiger partial charge in [0.15, 0.2) is 6.30 Å². The molecule has 0 radical (unpaired) electrons.